The Bertz CT molecular complexity index is 666. The van der Waals surface area contributed by atoms with Crippen LogP contribution in [0.15, 0.2) is 30.4 Å². The van der Waals surface area contributed by atoms with Crippen LogP contribution >= 0.6 is 0 Å². The fourth-order valence-corrected chi connectivity index (χ4v) is 3.67. The second kappa shape index (κ2) is 17.6. The van der Waals surface area contributed by atoms with Crippen LogP contribution in [0.5, 0.6) is 0 Å². The summed E-state index contributed by atoms with van der Waals surface area (Å²) in [6, 6.07) is 5.29. The lowest BCUT2D eigenvalue weighted by atomic mass is 10.1. The molecule has 0 atom stereocenters. The number of nitrogens with one attached hydrogen (secondary N) is 1. The molecule has 0 radical (unpaired) electrons. The van der Waals surface area contributed by atoms with Crippen LogP contribution in [0.25, 0.3) is 0 Å². The number of rotatable bonds is 17. The zero-order valence-corrected chi connectivity index (χ0v) is 20.0. The molecule has 0 saturated carbocycles. The summed E-state index contributed by atoms with van der Waals surface area (Å²) in [5, 5.41) is 2.92. The molecular weight excluding hydrogens is 386 g/mol. The van der Waals surface area contributed by atoms with E-state index in [1.165, 1.54) is 77.7 Å². The molecule has 0 heterocycles. The third-order valence-electron chi connectivity index (χ3n) is 5.68. The number of hydrogen-bond donors (Lipinski definition) is 1. The molecule has 4 heteroatoms. The van der Waals surface area contributed by atoms with Gasteiger partial charge in [-0.3, -0.25) is 4.79 Å². The van der Waals surface area contributed by atoms with E-state index in [-0.39, 0.29) is 11.9 Å². The smallest absolute Gasteiger partial charge is 0.338 e. The number of allylic oxidation sites excluding steroid dienone is 2. The topological polar surface area (TPSA) is 55.4 Å². The van der Waals surface area contributed by atoms with Crippen molar-refractivity contribution < 1.29 is 14.3 Å². The predicted octanol–water partition coefficient (Wildman–Crippen LogP) is 7.76. The molecule has 0 fully saturated rings. The van der Waals surface area contributed by atoms with Gasteiger partial charge < -0.3 is 10.1 Å². The van der Waals surface area contributed by atoms with Gasteiger partial charge in [0, 0.05) is 12.1 Å². The number of carbonyl (C=O) groups is 2. The van der Waals surface area contributed by atoms with E-state index < -0.39 is 0 Å². The zero-order valence-electron chi connectivity index (χ0n) is 20.0. The molecule has 0 saturated heterocycles. The van der Waals surface area contributed by atoms with Gasteiger partial charge in [0.05, 0.1) is 12.7 Å². The fraction of sp³-hybridized carbons (Fsp3) is 0.630. The number of amides is 1. The Morgan fingerprint density at radius 3 is 2.06 bits per heavy atom. The van der Waals surface area contributed by atoms with Crippen LogP contribution in [0.3, 0.4) is 0 Å². The van der Waals surface area contributed by atoms with Gasteiger partial charge in [-0.1, -0.05) is 76.5 Å². The average molecular weight is 430 g/mol. The first kappa shape index (κ1) is 26.9. The second-order valence-corrected chi connectivity index (χ2v) is 8.35. The molecule has 1 amide bonds. The fourth-order valence-electron chi connectivity index (χ4n) is 3.67. The van der Waals surface area contributed by atoms with E-state index in [2.05, 4.69) is 24.4 Å². The molecule has 0 aliphatic carbocycles. The van der Waals surface area contributed by atoms with Crippen LogP contribution in [0.2, 0.25) is 0 Å². The van der Waals surface area contributed by atoms with Gasteiger partial charge in [-0.05, 0) is 56.7 Å². The Morgan fingerprint density at radius 1 is 0.871 bits per heavy atom. The van der Waals surface area contributed by atoms with Gasteiger partial charge in [0.15, 0.2) is 0 Å². The number of methoxy groups -OCH3 is 1. The molecule has 1 aromatic rings. The number of esters is 1. The molecule has 0 aliphatic heterocycles. The van der Waals surface area contributed by atoms with E-state index in [0.29, 0.717) is 17.7 Å². The summed E-state index contributed by atoms with van der Waals surface area (Å²) in [5.74, 6) is -0.381. The Hall–Kier alpha value is -2.10. The van der Waals surface area contributed by atoms with Crippen LogP contribution in [0, 0.1) is 6.92 Å². The molecule has 0 unspecified atom stereocenters. The van der Waals surface area contributed by atoms with Crippen molar-refractivity contribution in [1.29, 1.82) is 0 Å². The third kappa shape index (κ3) is 12.4. The Balaban J connectivity index is 2.05. The standard InChI is InChI=1S/C27H43NO3/c1-4-5-6-7-8-9-10-11-12-13-14-15-16-17-18-22-26(29)28-25-21-19-20-24(23(25)2)27(30)31-3/h11-12,19-21H,4-10,13-18,22H2,1-3H3,(H,28,29)/b12-11+. The molecular formula is C27H43NO3. The first-order valence-electron chi connectivity index (χ1n) is 12.2. The highest BCUT2D eigenvalue weighted by molar-refractivity contribution is 5.96. The maximum atomic E-state index is 12.2. The van der Waals surface area contributed by atoms with E-state index in [0.717, 1.165) is 18.4 Å². The number of carbonyl (C=O) groups excluding carboxylic acids is 2. The summed E-state index contributed by atoms with van der Waals surface area (Å²) in [6.45, 7) is 4.08. The Kier molecular flexibility index (Phi) is 15.3. The van der Waals surface area contributed by atoms with Crippen molar-refractivity contribution in [2.45, 2.75) is 104 Å². The van der Waals surface area contributed by atoms with Gasteiger partial charge in [-0.15, -0.1) is 0 Å². The van der Waals surface area contributed by atoms with Crippen molar-refractivity contribution in [3.8, 4) is 0 Å². The van der Waals surface area contributed by atoms with Crippen molar-refractivity contribution in [3.63, 3.8) is 0 Å². The minimum absolute atomic E-state index is 0.00254. The van der Waals surface area contributed by atoms with Crippen molar-refractivity contribution in [2.24, 2.45) is 0 Å². The van der Waals surface area contributed by atoms with Crippen LogP contribution in [0.4, 0.5) is 5.69 Å². The largest absolute Gasteiger partial charge is 0.465 e. The first-order chi connectivity index (χ1) is 15.1. The highest BCUT2D eigenvalue weighted by Gasteiger charge is 2.13. The molecule has 1 aromatic carbocycles. The van der Waals surface area contributed by atoms with Crippen molar-refractivity contribution in [2.75, 3.05) is 12.4 Å². The summed E-state index contributed by atoms with van der Waals surface area (Å²) < 4.78 is 4.78. The maximum absolute atomic E-state index is 12.2. The molecule has 0 aliphatic rings. The van der Waals surface area contributed by atoms with Crippen molar-refractivity contribution >= 4 is 17.6 Å². The number of hydrogen-bond acceptors (Lipinski definition) is 3. The van der Waals surface area contributed by atoms with Crippen LogP contribution in [0.1, 0.15) is 113 Å². The van der Waals surface area contributed by atoms with Crippen molar-refractivity contribution in [1.82, 2.24) is 0 Å². The van der Waals surface area contributed by atoms with Crippen LogP contribution < -0.4 is 5.32 Å². The molecule has 4 nitrogen and oxygen atoms in total. The molecule has 0 bridgehead atoms. The van der Waals surface area contributed by atoms with Gasteiger partial charge in [-0.25, -0.2) is 4.79 Å². The van der Waals surface area contributed by atoms with Crippen LogP contribution in [-0.4, -0.2) is 19.0 Å². The predicted molar refractivity (Wildman–Crippen MR) is 131 cm³/mol. The lowest BCUT2D eigenvalue weighted by Crippen LogP contribution is -2.14. The van der Waals surface area contributed by atoms with E-state index in [4.69, 9.17) is 4.74 Å². The van der Waals surface area contributed by atoms with Crippen molar-refractivity contribution in [3.05, 3.63) is 41.5 Å². The summed E-state index contributed by atoms with van der Waals surface area (Å²) in [4.78, 5) is 24.0. The number of benzene rings is 1. The minimum Gasteiger partial charge on any atom is -0.465 e. The molecule has 1 rings (SSSR count). The second-order valence-electron chi connectivity index (χ2n) is 8.35. The van der Waals surface area contributed by atoms with Gasteiger partial charge >= 0.3 is 5.97 Å². The summed E-state index contributed by atoms with van der Waals surface area (Å²) >= 11 is 0. The molecule has 1 N–H and O–H groups in total. The number of unbranched alkanes of at least 4 members (excludes halogenated alkanes) is 11. The lowest BCUT2D eigenvalue weighted by molar-refractivity contribution is -0.116. The Labute approximate surface area is 189 Å². The van der Waals surface area contributed by atoms with Gasteiger partial charge in [0.1, 0.15) is 0 Å². The minimum atomic E-state index is -0.383. The number of anilines is 1. The van der Waals surface area contributed by atoms with Gasteiger partial charge in [0.25, 0.3) is 0 Å². The average Bonchev–Trinajstić information content (AvgIpc) is 2.77. The quantitative estimate of drug-likeness (QED) is 0.156. The summed E-state index contributed by atoms with van der Waals surface area (Å²) in [5.41, 5.74) is 1.91. The molecule has 174 valence electrons. The highest BCUT2D eigenvalue weighted by Crippen LogP contribution is 2.20. The van der Waals surface area contributed by atoms with Crippen LogP contribution in [-0.2, 0) is 9.53 Å². The van der Waals surface area contributed by atoms with Gasteiger partial charge in [0.2, 0.25) is 5.91 Å². The highest BCUT2D eigenvalue weighted by atomic mass is 16.5. The summed E-state index contributed by atoms with van der Waals surface area (Å²) in [7, 11) is 1.36. The molecule has 31 heavy (non-hydrogen) atoms. The maximum Gasteiger partial charge on any atom is 0.338 e. The SMILES string of the molecule is CCCCCCCC/C=C/CCCCCCCC(=O)Nc1cccc(C(=O)OC)c1C. The monoisotopic (exact) mass is 429 g/mol. The van der Waals surface area contributed by atoms with E-state index >= 15 is 0 Å². The Morgan fingerprint density at radius 2 is 1.45 bits per heavy atom. The molecule has 0 spiro atoms. The lowest BCUT2D eigenvalue weighted by Gasteiger charge is -2.11. The molecule has 0 aromatic heterocycles. The normalized spacial score (nSPS) is 11.1. The van der Waals surface area contributed by atoms with Gasteiger partial charge in [-0.2, -0.15) is 0 Å². The third-order valence-corrected chi connectivity index (χ3v) is 5.68. The number of ether oxygens (including phenoxy) is 1. The zero-order chi connectivity index (χ0) is 22.7. The van der Waals surface area contributed by atoms with E-state index in [1.54, 1.807) is 12.1 Å². The van der Waals surface area contributed by atoms with E-state index in [9.17, 15) is 9.59 Å². The first-order valence-corrected chi connectivity index (χ1v) is 12.2. The summed E-state index contributed by atoms with van der Waals surface area (Å²) in [6.07, 6.45) is 21.4. The van der Waals surface area contributed by atoms with E-state index in [1.807, 2.05) is 13.0 Å².